The predicted molar refractivity (Wildman–Crippen MR) is 110 cm³/mol. The van der Waals surface area contributed by atoms with Crippen molar-refractivity contribution in [2.24, 2.45) is 7.05 Å². The fourth-order valence-electron chi connectivity index (χ4n) is 3.07. The summed E-state index contributed by atoms with van der Waals surface area (Å²) in [6.07, 6.45) is 1.67. The minimum absolute atomic E-state index is 0.199. The molecule has 8 nitrogen and oxygen atoms in total. The molecule has 0 saturated heterocycles. The van der Waals surface area contributed by atoms with E-state index < -0.39 is 0 Å². The van der Waals surface area contributed by atoms with Crippen LogP contribution in [0, 0.1) is 0 Å². The molecule has 0 spiro atoms. The molecule has 4 rings (SSSR count). The lowest BCUT2D eigenvalue weighted by molar-refractivity contribution is 0.102. The quantitative estimate of drug-likeness (QED) is 0.565. The Hall–Kier alpha value is -3.81. The lowest BCUT2D eigenvalue weighted by atomic mass is 10.1. The maximum atomic E-state index is 12.7. The van der Waals surface area contributed by atoms with Crippen LogP contribution in [0.2, 0.25) is 0 Å². The van der Waals surface area contributed by atoms with E-state index >= 15 is 0 Å². The number of anilines is 1. The van der Waals surface area contributed by atoms with Gasteiger partial charge in [-0.25, -0.2) is 4.98 Å². The van der Waals surface area contributed by atoms with Crippen molar-refractivity contribution in [1.29, 1.82) is 0 Å². The Kier molecular flexibility index (Phi) is 4.90. The first kappa shape index (κ1) is 18.5. The molecule has 0 atom stereocenters. The van der Waals surface area contributed by atoms with Crippen LogP contribution in [0.15, 0.2) is 60.9 Å². The molecule has 1 amide bonds. The van der Waals surface area contributed by atoms with E-state index in [9.17, 15) is 4.79 Å². The number of pyridine rings is 1. The number of aromatic nitrogens is 6. The zero-order valence-corrected chi connectivity index (χ0v) is 16.4. The van der Waals surface area contributed by atoms with Crippen molar-refractivity contribution in [3.05, 3.63) is 66.6 Å². The topological polar surface area (TPSA) is 90.5 Å². The molecule has 29 heavy (non-hydrogen) atoms. The molecule has 146 valence electrons. The van der Waals surface area contributed by atoms with Crippen molar-refractivity contribution in [3.63, 3.8) is 0 Å². The molecule has 0 aliphatic carbocycles. The van der Waals surface area contributed by atoms with Crippen molar-refractivity contribution in [2.75, 3.05) is 5.32 Å². The van der Waals surface area contributed by atoms with Gasteiger partial charge in [-0.1, -0.05) is 36.4 Å². The van der Waals surface area contributed by atoms with Crippen LogP contribution in [0.4, 0.5) is 5.82 Å². The summed E-state index contributed by atoms with van der Waals surface area (Å²) in [6.45, 7) is 4.09. The highest BCUT2D eigenvalue weighted by Gasteiger charge is 2.16. The average Bonchev–Trinajstić information content (AvgIpc) is 3.36. The summed E-state index contributed by atoms with van der Waals surface area (Å²) in [7, 11) is 1.82. The van der Waals surface area contributed by atoms with Crippen molar-refractivity contribution >= 4 is 11.7 Å². The Balaban J connectivity index is 1.58. The highest BCUT2D eigenvalue weighted by atomic mass is 16.2. The number of hydrogen-bond donors (Lipinski definition) is 1. The van der Waals surface area contributed by atoms with Crippen LogP contribution >= 0.6 is 0 Å². The van der Waals surface area contributed by atoms with Gasteiger partial charge in [0.2, 0.25) is 0 Å². The number of aryl methyl sites for hydroxylation is 1. The number of rotatable bonds is 5. The van der Waals surface area contributed by atoms with Gasteiger partial charge < -0.3 is 9.88 Å². The minimum Gasteiger partial charge on any atom is -0.310 e. The van der Waals surface area contributed by atoms with Gasteiger partial charge in [-0.2, -0.15) is 5.10 Å². The normalized spacial score (nSPS) is 11.0. The summed E-state index contributed by atoms with van der Waals surface area (Å²) in [5, 5.41) is 15.3. The molecule has 0 aliphatic heterocycles. The molecular weight excluding hydrogens is 366 g/mol. The van der Waals surface area contributed by atoms with Gasteiger partial charge in [0.05, 0.1) is 5.69 Å². The third kappa shape index (κ3) is 3.77. The van der Waals surface area contributed by atoms with E-state index in [0.29, 0.717) is 23.0 Å². The Morgan fingerprint density at radius 1 is 1.07 bits per heavy atom. The summed E-state index contributed by atoms with van der Waals surface area (Å²) in [5.41, 5.74) is 2.82. The Morgan fingerprint density at radius 3 is 2.62 bits per heavy atom. The van der Waals surface area contributed by atoms with E-state index in [1.165, 1.54) is 0 Å². The average molecular weight is 387 g/mol. The first-order valence-electron chi connectivity index (χ1n) is 9.30. The van der Waals surface area contributed by atoms with Crippen molar-refractivity contribution in [1.82, 2.24) is 29.5 Å². The second-order valence-electron chi connectivity index (χ2n) is 6.92. The molecule has 1 N–H and O–H groups in total. The van der Waals surface area contributed by atoms with Crippen LogP contribution in [0.5, 0.6) is 0 Å². The van der Waals surface area contributed by atoms with E-state index in [4.69, 9.17) is 0 Å². The van der Waals surface area contributed by atoms with Crippen LogP contribution in [0.1, 0.15) is 30.4 Å². The van der Waals surface area contributed by atoms with Gasteiger partial charge in [-0.3, -0.25) is 9.48 Å². The third-order valence-electron chi connectivity index (χ3n) is 4.53. The lowest BCUT2D eigenvalue weighted by Gasteiger charge is -2.10. The molecule has 0 aliphatic rings. The number of nitrogens with one attached hydrogen (secondary N) is 1. The van der Waals surface area contributed by atoms with Gasteiger partial charge in [0.15, 0.2) is 11.5 Å². The van der Waals surface area contributed by atoms with E-state index in [-0.39, 0.29) is 11.9 Å². The molecule has 3 aromatic heterocycles. The zero-order chi connectivity index (χ0) is 20.4. The van der Waals surface area contributed by atoms with Crippen LogP contribution in [-0.2, 0) is 7.05 Å². The minimum atomic E-state index is -0.322. The lowest BCUT2D eigenvalue weighted by Crippen LogP contribution is -2.14. The highest BCUT2D eigenvalue weighted by molar-refractivity contribution is 6.03. The van der Waals surface area contributed by atoms with Gasteiger partial charge in [0.1, 0.15) is 17.8 Å². The Labute approximate surface area is 168 Å². The van der Waals surface area contributed by atoms with Gasteiger partial charge >= 0.3 is 0 Å². The highest BCUT2D eigenvalue weighted by Crippen LogP contribution is 2.22. The fourth-order valence-corrected chi connectivity index (χ4v) is 3.07. The molecule has 0 fully saturated rings. The van der Waals surface area contributed by atoms with E-state index in [0.717, 1.165) is 11.3 Å². The molecule has 0 radical (unpaired) electrons. The summed E-state index contributed by atoms with van der Waals surface area (Å²) < 4.78 is 3.62. The third-order valence-corrected chi connectivity index (χ3v) is 4.53. The molecule has 3 heterocycles. The van der Waals surface area contributed by atoms with Crippen LogP contribution in [-0.4, -0.2) is 35.4 Å². The molecule has 0 bridgehead atoms. The van der Waals surface area contributed by atoms with Crippen LogP contribution in [0.3, 0.4) is 0 Å². The van der Waals surface area contributed by atoms with Crippen molar-refractivity contribution < 1.29 is 4.79 Å². The molecule has 1 aromatic carbocycles. The second kappa shape index (κ2) is 7.67. The molecule has 4 aromatic rings. The number of hydrogen-bond acceptors (Lipinski definition) is 5. The van der Waals surface area contributed by atoms with Crippen molar-refractivity contribution in [2.45, 2.75) is 19.9 Å². The number of amides is 1. The van der Waals surface area contributed by atoms with Gasteiger partial charge in [-0.15, -0.1) is 10.2 Å². The van der Waals surface area contributed by atoms with E-state index in [1.807, 2.05) is 67.9 Å². The Bertz CT molecular complexity index is 1140. The van der Waals surface area contributed by atoms with E-state index in [1.54, 1.807) is 23.1 Å². The first-order chi connectivity index (χ1) is 14.0. The molecular formula is C21H21N7O. The van der Waals surface area contributed by atoms with Gasteiger partial charge in [0.25, 0.3) is 5.91 Å². The SMILES string of the molecule is CC(C)n1cnnc1-c1cccc(NC(=O)c2cc(-c3ccccc3)n(C)n2)n1. The predicted octanol–water partition coefficient (Wildman–Crippen LogP) is 3.57. The summed E-state index contributed by atoms with van der Waals surface area (Å²) in [6, 6.07) is 17.2. The van der Waals surface area contributed by atoms with Crippen LogP contribution in [0.25, 0.3) is 22.8 Å². The Morgan fingerprint density at radius 2 is 1.86 bits per heavy atom. The molecule has 8 heteroatoms. The smallest absolute Gasteiger partial charge is 0.277 e. The summed E-state index contributed by atoms with van der Waals surface area (Å²) >= 11 is 0. The van der Waals surface area contributed by atoms with E-state index in [2.05, 4.69) is 25.6 Å². The zero-order valence-electron chi connectivity index (χ0n) is 16.4. The summed E-state index contributed by atoms with van der Waals surface area (Å²) in [4.78, 5) is 17.2. The fraction of sp³-hybridized carbons (Fsp3) is 0.190. The van der Waals surface area contributed by atoms with Gasteiger partial charge in [0, 0.05) is 13.1 Å². The molecule has 0 unspecified atom stereocenters. The largest absolute Gasteiger partial charge is 0.310 e. The number of carbonyl (C=O) groups excluding carboxylic acids is 1. The molecule has 0 saturated carbocycles. The maximum Gasteiger partial charge on any atom is 0.277 e. The van der Waals surface area contributed by atoms with Crippen LogP contribution < -0.4 is 5.32 Å². The summed E-state index contributed by atoms with van der Waals surface area (Å²) in [5.74, 6) is 0.760. The number of carbonyl (C=O) groups is 1. The number of benzene rings is 1. The maximum absolute atomic E-state index is 12.7. The first-order valence-corrected chi connectivity index (χ1v) is 9.30. The van der Waals surface area contributed by atoms with Crippen molar-refractivity contribution in [3.8, 4) is 22.8 Å². The van der Waals surface area contributed by atoms with Gasteiger partial charge in [-0.05, 0) is 37.6 Å². The number of nitrogens with zero attached hydrogens (tertiary/aromatic N) is 6. The second-order valence-corrected chi connectivity index (χ2v) is 6.92. The monoisotopic (exact) mass is 387 g/mol. The standard InChI is InChI=1S/C21H21N7O/c1-14(2)28-13-22-25-20(28)16-10-7-11-19(23-16)24-21(29)17-12-18(27(3)26-17)15-8-5-4-6-9-15/h4-14H,1-3H3,(H,23,24,29).